The zero-order chi connectivity index (χ0) is 30.6. The Kier molecular flexibility index (Phi) is 10.3. The molecular formula is C32H41F4N3O3. The summed E-state index contributed by atoms with van der Waals surface area (Å²) < 4.78 is 60.3. The van der Waals surface area contributed by atoms with Gasteiger partial charge in [-0.25, -0.2) is 4.39 Å². The smallest absolute Gasteiger partial charge is 0.404 e. The molecule has 42 heavy (non-hydrogen) atoms. The Labute approximate surface area is 245 Å². The summed E-state index contributed by atoms with van der Waals surface area (Å²) in [6, 6.07) is 7.98. The number of phenolic OH excluding ortho intramolecular Hbond substituents is 1. The maximum atomic E-state index is 15.1. The molecule has 0 aromatic heterocycles. The largest absolute Gasteiger partial charge is 0.508 e. The van der Waals surface area contributed by atoms with Gasteiger partial charge in [-0.05, 0) is 75.0 Å². The molecule has 2 heterocycles. The van der Waals surface area contributed by atoms with Crippen LogP contribution in [0.3, 0.4) is 0 Å². The van der Waals surface area contributed by atoms with Gasteiger partial charge in [-0.15, -0.1) is 0 Å². The van der Waals surface area contributed by atoms with Crippen LogP contribution in [0.2, 0.25) is 0 Å². The number of phenols is 1. The van der Waals surface area contributed by atoms with E-state index in [1.54, 1.807) is 0 Å². The van der Waals surface area contributed by atoms with E-state index in [2.05, 4.69) is 5.32 Å². The number of aromatic hydroxyl groups is 1. The number of alkyl halides is 3. The van der Waals surface area contributed by atoms with Crippen LogP contribution in [-0.2, 0) is 4.79 Å². The zero-order valence-corrected chi connectivity index (χ0v) is 24.5. The van der Waals surface area contributed by atoms with E-state index in [9.17, 15) is 19.1 Å². The fraction of sp³-hybridized carbons (Fsp3) is 0.562. The molecule has 6 nitrogen and oxygen atoms in total. The lowest BCUT2D eigenvalue weighted by molar-refractivity contribution is -0.214. The number of rotatable bonds is 10. The molecule has 4 rings (SSSR count). The van der Waals surface area contributed by atoms with Crippen LogP contribution in [-0.4, -0.2) is 77.6 Å². The highest BCUT2D eigenvalue weighted by Crippen LogP contribution is 2.49. The van der Waals surface area contributed by atoms with Crippen molar-refractivity contribution in [2.45, 2.75) is 70.6 Å². The van der Waals surface area contributed by atoms with Crippen LogP contribution in [0.15, 0.2) is 42.5 Å². The minimum absolute atomic E-state index is 0.0480. The Hall–Kier alpha value is -2.98. The lowest BCUT2D eigenvalue weighted by Gasteiger charge is -2.50. The molecule has 2 fully saturated rings. The third-order valence-corrected chi connectivity index (χ3v) is 8.58. The monoisotopic (exact) mass is 591 g/mol. The predicted octanol–water partition coefficient (Wildman–Crippen LogP) is 5.69. The molecule has 2 aliphatic heterocycles. The van der Waals surface area contributed by atoms with E-state index in [0.29, 0.717) is 45.3 Å². The standard InChI is InChI=1S/C32H41F4N3O3/c1-20(2)37-14-4-5-17-39-19-25(29(41)22-10-8-11-23(40)18-22)27(24-12-9-13-26(33)21(24)3)28(30(39)32(34,35)36)31(42)38-15-6-7-16-38/h8-13,18,20,25,27-28,30,37,40H,4-7,14-17,19H2,1-3H3/t25-,27+,28-,30-/m0/s1. The number of carbonyl (C=O) groups excluding carboxylic acids is 2. The van der Waals surface area contributed by atoms with Crippen molar-refractivity contribution in [2.75, 3.05) is 32.7 Å². The molecule has 2 saturated heterocycles. The highest BCUT2D eigenvalue weighted by Gasteiger charge is 2.60. The van der Waals surface area contributed by atoms with Gasteiger partial charge in [0.1, 0.15) is 17.6 Å². The molecule has 1 amide bonds. The number of hydrogen-bond acceptors (Lipinski definition) is 5. The number of Topliss-reactive ketones (excluding diaryl/α,β-unsaturated/α-hetero) is 1. The summed E-state index contributed by atoms with van der Waals surface area (Å²) in [5.74, 6) is -5.81. The molecule has 0 unspecified atom stereocenters. The topological polar surface area (TPSA) is 72.9 Å². The fourth-order valence-corrected chi connectivity index (χ4v) is 6.58. The lowest BCUT2D eigenvalue weighted by atomic mass is 9.66. The van der Waals surface area contributed by atoms with Gasteiger partial charge >= 0.3 is 6.18 Å². The number of likely N-dealkylation sites (tertiary alicyclic amines) is 2. The Morgan fingerprint density at radius 2 is 1.76 bits per heavy atom. The Morgan fingerprint density at radius 1 is 1.07 bits per heavy atom. The summed E-state index contributed by atoms with van der Waals surface area (Å²) in [6.45, 7) is 6.59. The maximum absolute atomic E-state index is 15.1. The number of nitrogens with one attached hydrogen (secondary N) is 1. The molecule has 0 aliphatic carbocycles. The molecule has 10 heteroatoms. The quantitative estimate of drug-likeness (QED) is 0.211. The zero-order valence-electron chi connectivity index (χ0n) is 24.5. The van der Waals surface area contributed by atoms with Gasteiger partial charge in [0.2, 0.25) is 5.91 Å². The lowest BCUT2D eigenvalue weighted by Crippen LogP contribution is -2.63. The van der Waals surface area contributed by atoms with Crippen molar-refractivity contribution < 1.29 is 32.3 Å². The second-order valence-electron chi connectivity index (χ2n) is 11.9. The molecule has 0 saturated carbocycles. The number of unbranched alkanes of at least 4 members (excludes halogenated alkanes) is 1. The molecule has 4 atom stereocenters. The number of halogens is 4. The maximum Gasteiger partial charge on any atom is 0.404 e. The molecule has 2 aliphatic rings. The van der Waals surface area contributed by atoms with E-state index in [1.807, 2.05) is 13.8 Å². The van der Waals surface area contributed by atoms with Crippen molar-refractivity contribution in [3.05, 3.63) is 65.0 Å². The highest BCUT2D eigenvalue weighted by molar-refractivity contribution is 5.99. The third-order valence-electron chi connectivity index (χ3n) is 8.58. The van der Waals surface area contributed by atoms with Gasteiger partial charge < -0.3 is 15.3 Å². The van der Waals surface area contributed by atoms with Crippen LogP contribution in [0.4, 0.5) is 17.6 Å². The molecular weight excluding hydrogens is 550 g/mol. The van der Waals surface area contributed by atoms with E-state index < -0.39 is 47.5 Å². The Balaban J connectivity index is 1.84. The Bertz CT molecular complexity index is 1250. The molecule has 2 aromatic rings. The van der Waals surface area contributed by atoms with Gasteiger partial charge in [0.15, 0.2) is 5.78 Å². The average molecular weight is 592 g/mol. The summed E-state index contributed by atoms with van der Waals surface area (Å²) >= 11 is 0. The van der Waals surface area contributed by atoms with Gasteiger partial charge in [0.25, 0.3) is 0 Å². The molecule has 2 aromatic carbocycles. The predicted molar refractivity (Wildman–Crippen MR) is 153 cm³/mol. The first-order valence-electron chi connectivity index (χ1n) is 14.8. The van der Waals surface area contributed by atoms with E-state index in [0.717, 1.165) is 0 Å². The van der Waals surface area contributed by atoms with Crippen LogP contribution in [0, 0.1) is 24.6 Å². The summed E-state index contributed by atoms with van der Waals surface area (Å²) in [5.41, 5.74) is 0.503. The van der Waals surface area contributed by atoms with Crippen molar-refractivity contribution in [1.82, 2.24) is 15.1 Å². The molecule has 0 radical (unpaired) electrons. The minimum atomic E-state index is -4.77. The van der Waals surface area contributed by atoms with Crippen LogP contribution in [0.1, 0.15) is 66.9 Å². The summed E-state index contributed by atoms with van der Waals surface area (Å²) in [5, 5.41) is 13.4. The molecule has 0 spiro atoms. The first-order chi connectivity index (χ1) is 19.9. The molecule has 230 valence electrons. The summed E-state index contributed by atoms with van der Waals surface area (Å²) in [6.07, 6.45) is -2.32. The fourth-order valence-electron chi connectivity index (χ4n) is 6.58. The van der Waals surface area contributed by atoms with Crippen LogP contribution < -0.4 is 5.32 Å². The van der Waals surface area contributed by atoms with Crippen molar-refractivity contribution in [3.63, 3.8) is 0 Å². The van der Waals surface area contributed by atoms with Gasteiger partial charge in [-0.2, -0.15) is 13.2 Å². The number of carbonyl (C=O) groups is 2. The SMILES string of the molecule is Cc1c(F)cccc1[C@H]1[C@H](C(=O)N2CCCC2)[C@@H](C(F)(F)F)N(CCCCNC(C)C)C[C@@H]1C(=O)c1cccc(O)c1. The normalized spacial score (nSPS) is 23.5. The Morgan fingerprint density at radius 3 is 2.40 bits per heavy atom. The van der Waals surface area contributed by atoms with Gasteiger partial charge in [-0.1, -0.05) is 38.1 Å². The average Bonchev–Trinajstić information content (AvgIpc) is 3.47. The number of hydrogen-bond donors (Lipinski definition) is 2. The minimum Gasteiger partial charge on any atom is -0.508 e. The van der Waals surface area contributed by atoms with Gasteiger partial charge in [0, 0.05) is 43.1 Å². The van der Waals surface area contributed by atoms with E-state index in [1.165, 1.54) is 59.2 Å². The van der Waals surface area contributed by atoms with Crippen LogP contribution >= 0.6 is 0 Å². The summed E-state index contributed by atoms with van der Waals surface area (Å²) in [4.78, 5) is 31.0. The molecule has 2 N–H and O–H groups in total. The van der Waals surface area contributed by atoms with Gasteiger partial charge in [-0.3, -0.25) is 14.5 Å². The third kappa shape index (κ3) is 7.14. The van der Waals surface area contributed by atoms with E-state index in [4.69, 9.17) is 0 Å². The van der Waals surface area contributed by atoms with Crippen molar-refractivity contribution in [3.8, 4) is 5.75 Å². The van der Waals surface area contributed by atoms with Crippen molar-refractivity contribution in [2.24, 2.45) is 11.8 Å². The highest BCUT2D eigenvalue weighted by atomic mass is 19.4. The second kappa shape index (κ2) is 13.5. The summed E-state index contributed by atoms with van der Waals surface area (Å²) in [7, 11) is 0. The van der Waals surface area contributed by atoms with Gasteiger partial charge in [0.05, 0.1) is 5.92 Å². The van der Waals surface area contributed by atoms with Crippen LogP contribution in [0.5, 0.6) is 5.75 Å². The number of nitrogens with zero attached hydrogens (tertiary/aromatic N) is 2. The number of benzene rings is 2. The number of ketones is 1. The van der Waals surface area contributed by atoms with E-state index in [-0.39, 0.29) is 41.6 Å². The first kappa shape index (κ1) is 31.9. The first-order valence-corrected chi connectivity index (χ1v) is 14.8. The van der Waals surface area contributed by atoms with Crippen molar-refractivity contribution >= 4 is 11.7 Å². The molecule has 0 bridgehead atoms. The van der Waals surface area contributed by atoms with Crippen LogP contribution in [0.25, 0.3) is 0 Å². The number of amides is 1. The van der Waals surface area contributed by atoms with Crippen molar-refractivity contribution in [1.29, 1.82) is 0 Å². The van der Waals surface area contributed by atoms with E-state index >= 15 is 13.2 Å². The second-order valence-corrected chi connectivity index (χ2v) is 11.9. The number of piperidine rings is 1.